The van der Waals surface area contributed by atoms with Crippen LogP contribution in [0.5, 0.6) is 0 Å². The molecule has 1 aromatic heterocycles. The van der Waals surface area contributed by atoms with E-state index in [1.165, 1.54) is 11.3 Å². The van der Waals surface area contributed by atoms with Gasteiger partial charge >= 0.3 is 5.97 Å². The van der Waals surface area contributed by atoms with Crippen molar-refractivity contribution in [1.29, 1.82) is 0 Å². The van der Waals surface area contributed by atoms with Crippen molar-refractivity contribution in [2.45, 2.75) is 26.8 Å². The van der Waals surface area contributed by atoms with Gasteiger partial charge in [0.15, 0.2) is 4.80 Å². The average Bonchev–Trinajstić information content (AvgIpc) is 3.09. The minimum atomic E-state index is -0.592. The van der Waals surface area contributed by atoms with Gasteiger partial charge in [-0.15, -0.1) is 0 Å². The van der Waals surface area contributed by atoms with Gasteiger partial charge in [-0.1, -0.05) is 83.6 Å². The summed E-state index contributed by atoms with van der Waals surface area (Å²) in [7, 11) is 0. The number of nitrogens with zero attached hydrogens (tertiary/aromatic N) is 2. The summed E-state index contributed by atoms with van der Waals surface area (Å²) in [5.41, 5.74) is 3.85. The molecule has 1 aliphatic heterocycles. The van der Waals surface area contributed by atoms with Crippen LogP contribution in [-0.2, 0) is 9.53 Å². The SMILES string of the molecule is CCOC(=O)C1=C(C)N=c2sc(=Cc3ccc(C)cc3)c(=O)n2[C@H]1/C=C/c1ccccc1. The number of aromatic nitrogens is 1. The van der Waals surface area contributed by atoms with E-state index in [0.717, 1.165) is 16.7 Å². The first kappa shape index (κ1) is 21.7. The molecule has 162 valence electrons. The van der Waals surface area contributed by atoms with Crippen LogP contribution >= 0.6 is 11.3 Å². The topological polar surface area (TPSA) is 60.7 Å². The molecule has 6 heteroatoms. The highest BCUT2D eigenvalue weighted by molar-refractivity contribution is 7.07. The third-order valence-electron chi connectivity index (χ3n) is 5.20. The summed E-state index contributed by atoms with van der Waals surface area (Å²) in [4.78, 5) is 31.4. The van der Waals surface area contributed by atoms with E-state index in [4.69, 9.17) is 4.74 Å². The number of hydrogen-bond donors (Lipinski definition) is 0. The molecule has 0 fully saturated rings. The Morgan fingerprint density at radius 1 is 1.09 bits per heavy atom. The van der Waals surface area contributed by atoms with Gasteiger partial charge in [-0.05, 0) is 38.0 Å². The molecule has 0 radical (unpaired) electrons. The van der Waals surface area contributed by atoms with Crippen molar-refractivity contribution in [3.05, 3.63) is 108 Å². The molecule has 0 N–H and O–H groups in total. The number of carbonyl (C=O) groups excluding carboxylic acids is 1. The van der Waals surface area contributed by atoms with Crippen LogP contribution in [0.1, 0.15) is 36.6 Å². The molecule has 2 aromatic carbocycles. The fraction of sp³-hybridized carbons (Fsp3) is 0.192. The molecule has 32 heavy (non-hydrogen) atoms. The first-order chi connectivity index (χ1) is 15.5. The van der Waals surface area contributed by atoms with Gasteiger partial charge in [0.05, 0.1) is 28.5 Å². The second kappa shape index (κ2) is 9.32. The van der Waals surface area contributed by atoms with Crippen molar-refractivity contribution >= 4 is 29.5 Å². The minimum Gasteiger partial charge on any atom is -0.463 e. The highest BCUT2D eigenvalue weighted by Gasteiger charge is 2.30. The molecule has 0 aliphatic carbocycles. The fourth-order valence-corrected chi connectivity index (χ4v) is 4.65. The monoisotopic (exact) mass is 444 g/mol. The Bertz CT molecular complexity index is 1380. The predicted molar refractivity (Wildman–Crippen MR) is 128 cm³/mol. The molecule has 0 unspecified atom stereocenters. The molecule has 3 aromatic rings. The van der Waals surface area contributed by atoms with Gasteiger partial charge in [-0.25, -0.2) is 9.79 Å². The van der Waals surface area contributed by atoms with Crippen molar-refractivity contribution in [1.82, 2.24) is 4.57 Å². The smallest absolute Gasteiger partial charge is 0.338 e. The zero-order valence-electron chi connectivity index (χ0n) is 18.2. The molecule has 0 spiro atoms. The number of allylic oxidation sites excluding steroid dienone is 2. The van der Waals surface area contributed by atoms with E-state index in [1.807, 2.05) is 79.7 Å². The fourth-order valence-electron chi connectivity index (χ4n) is 3.60. The number of carbonyl (C=O) groups is 1. The van der Waals surface area contributed by atoms with E-state index < -0.39 is 12.0 Å². The molecule has 1 atom stereocenters. The van der Waals surface area contributed by atoms with Crippen LogP contribution in [0.4, 0.5) is 0 Å². The maximum atomic E-state index is 13.4. The van der Waals surface area contributed by atoms with Gasteiger partial charge in [0.2, 0.25) is 0 Å². The lowest BCUT2D eigenvalue weighted by atomic mass is 10.0. The highest BCUT2D eigenvalue weighted by Crippen LogP contribution is 2.26. The van der Waals surface area contributed by atoms with Crippen molar-refractivity contribution in [3.63, 3.8) is 0 Å². The maximum Gasteiger partial charge on any atom is 0.338 e. The Hall–Kier alpha value is -3.51. The van der Waals surface area contributed by atoms with E-state index in [2.05, 4.69) is 4.99 Å². The summed E-state index contributed by atoms with van der Waals surface area (Å²) >= 11 is 1.33. The van der Waals surface area contributed by atoms with Gasteiger partial charge in [0, 0.05) is 0 Å². The Balaban J connectivity index is 1.87. The normalized spacial score (nSPS) is 16.2. The van der Waals surface area contributed by atoms with Gasteiger partial charge in [-0.3, -0.25) is 9.36 Å². The van der Waals surface area contributed by atoms with Crippen LogP contribution in [-0.4, -0.2) is 17.1 Å². The lowest BCUT2D eigenvalue weighted by Crippen LogP contribution is -2.38. The van der Waals surface area contributed by atoms with Crippen molar-refractivity contribution in [2.24, 2.45) is 4.99 Å². The number of aryl methyl sites for hydroxylation is 1. The van der Waals surface area contributed by atoms with Crippen molar-refractivity contribution in [3.8, 4) is 0 Å². The summed E-state index contributed by atoms with van der Waals surface area (Å²) in [6.45, 7) is 5.82. The van der Waals surface area contributed by atoms with E-state index in [9.17, 15) is 9.59 Å². The first-order valence-electron chi connectivity index (χ1n) is 10.5. The summed E-state index contributed by atoms with van der Waals surface area (Å²) in [5.74, 6) is -0.454. The Morgan fingerprint density at radius 3 is 2.50 bits per heavy atom. The molecule has 0 bridgehead atoms. The molecular formula is C26H24N2O3S. The molecule has 4 rings (SSSR count). The molecule has 0 saturated heterocycles. The third kappa shape index (κ3) is 4.41. The van der Waals surface area contributed by atoms with E-state index in [0.29, 0.717) is 20.6 Å². The third-order valence-corrected chi connectivity index (χ3v) is 6.19. The Labute approximate surface area is 190 Å². The molecule has 0 amide bonds. The van der Waals surface area contributed by atoms with Crippen LogP contribution in [0.2, 0.25) is 0 Å². The van der Waals surface area contributed by atoms with Crippen LogP contribution < -0.4 is 14.9 Å². The first-order valence-corrected chi connectivity index (χ1v) is 11.3. The molecule has 5 nitrogen and oxygen atoms in total. The zero-order chi connectivity index (χ0) is 22.7. The van der Waals surface area contributed by atoms with E-state index in [1.54, 1.807) is 18.4 Å². The highest BCUT2D eigenvalue weighted by atomic mass is 32.1. The molecular weight excluding hydrogens is 420 g/mol. The Morgan fingerprint density at radius 2 is 1.81 bits per heavy atom. The largest absolute Gasteiger partial charge is 0.463 e. The summed E-state index contributed by atoms with van der Waals surface area (Å²) in [5, 5.41) is 0. The molecule has 2 heterocycles. The zero-order valence-corrected chi connectivity index (χ0v) is 19.1. The van der Waals surface area contributed by atoms with Crippen LogP contribution in [0.15, 0.2) is 81.7 Å². The Kier molecular flexibility index (Phi) is 6.32. The van der Waals surface area contributed by atoms with Crippen molar-refractivity contribution < 1.29 is 9.53 Å². The number of hydrogen-bond acceptors (Lipinski definition) is 5. The van der Waals surface area contributed by atoms with E-state index in [-0.39, 0.29) is 12.2 Å². The quantitative estimate of drug-likeness (QED) is 0.563. The lowest BCUT2D eigenvalue weighted by Gasteiger charge is -2.21. The van der Waals surface area contributed by atoms with Crippen LogP contribution in [0, 0.1) is 6.92 Å². The second-order valence-electron chi connectivity index (χ2n) is 7.53. The van der Waals surface area contributed by atoms with Crippen molar-refractivity contribution in [2.75, 3.05) is 6.61 Å². The standard InChI is InChI=1S/C26H24N2O3S/c1-4-31-25(30)23-18(3)27-26-28(21(23)15-14-19-8-6-5-7-9-19)24(29)22(32-26)16-20-12-10-17(2)11-13-20/h5-16,21H,4H2,1-3H3/b15-14+,22-16?/t21-/m0/s1. The molecule has 0 saturated carbocycles. The average molecular weight is 445 g/mol. The van der Waals surface area contributed by atoms with Crippen LogP contribution in [0.25, 0.3) is 12.2 Å². The maximum absolute atomic E-state index is 13.4. The summed E-state index contributed by atoms with van der Waals surface area (Å²) in [6, 6.07) is 17.2. The van der Waals surface area contributed by atoms with Gasteiger partial charge in [0.1, 0.15) is 0 Å². The predicted octanol–water partition coefficient (Wildman–Crippen LogP) is 3.77. The number of rotatable bonds is 5. The number of ether oxygens (including phenoxy) is 1. The number of benzene rings is 2. The van der Waals surface area contributed by atoms with Gasteiger partial charge in [0.25, 0.3) is 5.56 Å². The van der Waals surface area contributed by atoms with Gasteiger partial charge in [-0.2, -0.15) is 0 Å². The van der Waals surface area contributed by atoms with Crippen LogP contribution in [0.3, 0.4) is 0 Å². The summed E-state index contributed by atoms with van der Waals surface area (Å²) < 4.78 is 7.45. The summed E-state index contributed by atoms with van der Waals surface area (Å²) in [6.07, 6.45) is 5.65. The lowest BCUT2D eigenvalue weighted by molar-refractivity contribution is -0.139. The number of fused-ring (bicyclic) bond motifs is 1. The minimum absolute atomic E-state index is 0.175. The molecule has 1 aliphatic rings. The number of thiazole rings is 1. The van der Waals surface area contributed by atoms with E-state index >= 15 is 0 Å². The number of esters is 1. The van der Waals surface area contributed by atoms with Gasteiger partial charge < -0.3 is 4.74 Å². The second-order valence-corrected chi connectivity index (χ2v) is 8.53.